The van der Waals surface area contributed by atoms with Gasteiger partial charge in [-0.05, 0) is 18.6 Å². The van der Waals surface area contributed by atoms with Gasteiger partial charge >= 0.3 is 0 Å². The number of benzene rings is 1. The first-order chi connectivity index (χ1) is 9.37. The van der Waals surface area contributed by atoms with E-state index in [1.54, 1.807) is 0 Å². The number of carbonyl (C=O) groups is 1. The quantitative estimate of drug-likeness (QED) is 0.858. The zero-order valence-corrected chi connectivity index (χ0v) is 11.3. The van der Waals surface area contributed by atoms with Crippen LogP contribution in [0.3, 0.4) is 0 Å². The van der Waals surface area contributed by atoms with Gasteiger partial charge in [-0.3, -0.25) is 4.79 Å². The molecule has 1 amide bonds. The van der Waals surface area contributed by atoms with Crippen molar-refractivity contribution >= 4 is 21.4 Å². The van der Waals surface area contributed by atoms with E-state index in [0.29, 0.717) is 6.42 Å². The summed E-state index contributed by atoms with van der Waals surface area (Å²) in [6.45, 7) is -0.200. The number of hydrogen-bond acceptors (Lipinski definition) is 4. The maximum Gasteiger partial charge on any atom is 0.238 e. The second-order valence-corrected chi connectivity index (χ2v) is 6.85. The molecule has 0 saturated carbocycles. The van der Waals surface area contributed by atoms with E-state index < -0.39 is 33.1 Å². The fourth-order valence-electron chi connectivity index (χ4n) is 1.99. The number of hydrogen-bond donors (Lipinski definition) is 2. The summed E-state index contributed by atoms with van der Waals surface area (Å²) in [5, 5.41) is 4.88. The second kappa shape index (κ2) is 5.84. The van der Waals surface area contributed by atoms with Gasteiger partial charge in [0.15, 0.2) is 9.84 Å². The minimum absolute atomic E-state index is 0.0195. The standard InChI is InChI=1S/C12H14F2N2O3S/c13-9-2-1-3-10(14)12(9)16-11(17)6-15-8-4-5-20(18,19)7-8/h1-3,8,15H,4-7H2,(H,16,17). The molecule has 0 bridgehead atoms. The highest BCUT2D eigenvalue weighted by Gasteiger charge is 2.27. The average Bonchev–Trinajstić information content (AvgIpc) is 2.71. The number of carbonyl (C=O) groups excluding carboxylic acids is 1. The van der Waals surface area contributed by atoms with Gasteiger partial charge in [0.25, 0.3) is 0 Å². The smallest absolute Gasteiger partial charge is 0.238 e. The maximum absolute atomic E-state index is 13.3. The molecule has 110 valence electrons. The Hall–Kier alpha value is -1.54. The molecule has 5 nitrogen and oxygen atoms in total. The first kappa shape index (κ1) is 14.9. The Balaban J connectivity index is 1.87. The monoisotopic (exact) mass is 304 g/mol. The number of amides is 1. The van der Waals surface area contributed by atoms with Crippen LogP contribution in [0.15, 0.2) is 18.2 Å². The molecule has 1 fully saturated rings. The third kappa shape index (κ3) is 3.73. The normalized spacial score (nSPS) is 20.8. The number of rotatable bonds is 4. The largest absolute Gasteiger partial charge is 0.320 e. The molecule has 1 unspecified atom stereocenters. The molecule has 1 aromatic carbocycles. The summed E-state index contributed by atoms with van der Waals surface area (Å²) in [5.74, 6) is -2.27. The van der Waals surface area contributed by atoms with Crippen LogP contribution < -0.4 is 10.6 Å². The Bertz CT molecular complexity index is 599. The van der Waals surface area contributed by atoms with Crippen molar-refractivity contribution in [3.63, 3.8) is 0 Å². The highest BCUT2D eigenvalue weighted by Crippen LogP contribution is 2.17. The minimum Gasteiger partial charge on any atom is -0.320 e. The van der Waals surface area contributed by atoms with E-state index in [1.165, 1.54) is 6.07 Å². The Kier molecular flexibility index (Phi) is 4.34. The maximum atomic E-state index is 13.3. The van der Waals surface area contributed by atoms with Crippen LogP contribution >= 0.6 is 0 Å². The Morgan fingerprint density at radius 1 is 1.30 bits per heavy atom. The SMILES string of the molecule is O=C(CNC1CCS(=O)(=O)C1)Nc1c(F)cccc1F. The van der Waals surface area contributed by atoms with E-state index in [0.717, 1.165) is 12.1 Å². The van der Waals surface area contributed by atoms with E-state index in [9.17, 15) is 22.0 Å². The molecular formula is C12H14F2N2O3S. The first-order valence-corrected chi connectivity index (χ1v) is 7.87. The molecule has 1 atom stereocenters. The van der Waals surface area contributed by atoms with Crippen molar-refractivity contribution in [3.8, 4) is 0 Å². The van der Waals surface area contributed by atoms with E-state index >= 15 is 0 Å². The molecule has 2 rings (SSSR count). The van der Waals surface area contributed by atoms with Crippen LogP contribution in [0.2, 0.25) is 0 Å². The molecular weight excluding hydrogens is 290 g/mol. The van der Waals surface area contributed by atoms with Gasteiger partial charge in [-0.1, -0.05) is 6.07 Å². The van der Waals surface area contributed by atoms with Crippen molar-refractivity contribution in [2.45, 2.75) is 12.5 Å². The van der Waals surface area contributed by atoms with Crippen molar-refractivity contribution < 1.29 is 22.0 Å². The number of anilines is 1. The summed E-state index contributed by atoms with van der Waals surface area (Å²) in [5.41, 5.74) is -0.502. The number of para-hydroxylation sites is 1. The van der Waals surface area contributed by atoms with Crippen molar-refractivity contribution in [3.05, 3.63) is 29.8 Å². The predicted octanol–water partition coefficient (Wildman–Crippen LogP) is 0.680. The van der Waals surface area contributed by atoms with Crippen LogP contribution in [-0.2, 0) is 14.6 Å². The molecule has 0 aromatic heterocycles. The lowest BCUT2D eigenvalue weighted by molar-refractivity contribution is -0.115. The predicted molar refractivity (Wildman–Crippen MR) is 70.0 cm³/mol. The van der Waals surface area contributed by atoms with Gasteiger partial charge in [-0.15, -0.1) is 0 Å². The highest BCUT2D eigenvalue weighted by molar-refractivity contribution is 7.91. The van der Waals surface area contributed by atoms with Crippen LogP contribution in [0.5, 0.6) is 0 Å². The zero-order valence-electron chi connectivity index (χ0n) is 10.5. The molecule has 1 aromatic rings. The van der Waals surface area contributed by atoms with E-state index in [2.05, 4.69) is 10.6 Å². The molecule has 0 radical (unpaired) electrons. The molecule has 2 N–H and O–H groups in total. The van der Waals surface area contributed by atoms with Gasteiger partial charge < -0.3 is 10.6 Å². The van der Waals surface area contributed by atoms with Crippen LogP contribution in [0.4, 0.5) is 14.5 Å². The van der Waals surface area contributed by atoms with Gasteiger partial charge in [0.05, 0.1) is 18.1 Å². The van der Waals surface area contributed by atoms with Gasteiger partial charge in [0.2, 0.25) is 5.91 Å². The summed E-state index contributed by atoms with van der Waals surface area (Å²) in [6, 6.07) is 2.98. The van der Waals surface area contributed by atoms with E-state index in [4.69, 9.17) is 0 Å². The van der Waals surface area contributed by atoms with Gasteiger partial charge in [-0.2, -0.15) is 0 Å². The summed E-state index contributed by atoms with van der Waals surface area (Å²) >= 11 is 0. The first-order valence-electron chi connectivity index (χ1n) is 6.05. The molecule has 1 aliphatic rings. The van der Waals surface area contributed by atoms with Gasteiger partial charge in [0.1, 0.15) is 17.3 Å². The summed E-state index contributed by atoms with van der Waals surface area (Å²) < 4.78 is 49.1. The topological polar surface area (TPSA) is 75.3 Å². The number of sulfone groups is 1. The zero-order chi connectivity index (χ0) is 14.8. The number of nitrogens with one attached hydrogen (secondary N) is 2. The summed E-state index contributed by atoms with van der Waals surface area (Å²) in [4.78, 5) is 11.6. The van der Waals surface area contributed by atoms with Crippen LogP contribution in [0, 0.1) is 11.6 Å². The molecule has 1 saturated heterocycles. The van der Waals surface area contributed by atoms with E-state index in [1.807, 2.05) is 0 Å². The minimum atomic E-state index is -3.03. The fourth-order valence-corrected chi connectivity index (χ4v) is 3.70. The average molecular weight is 304 g/mol. The lowest BCUT2D eigenvalue weighted by atomic mass is 10.2. The fraction of sp³-hybridized carbons (Fsp3) is 0.417. The molecule has 20 heavy (non-hydrogen) atoms. The highest BCUT2D eigenvalue weighted by atomic mass is 32.2. The molecule has 0 aliphatic carbocycles. The Morgan fingerprint density at radius 3 is 2.50 bits per heavy atom. The van der Waals surface area contributed by atoms with Crippen molar-refractivity contribution in [1.29, 1.82) is 0 Å². The Labute approximate surface area is 115 Å². The molecule has 0 spiro atoms. The Morgan fingerprint density at radius 2 is 1.95 bits per heavy atom. The third-order valence-electron chi connectivity index (χ3n) is 3.01. The summed E-state index contributed by atoms with van der Waals surface area (Å²) in [7, 11) is -3.03. The molecule has 1 heterocycles. The van der Waals surface area contributed by atoms with Gasteiger partial charge in [-0.25, -0.2) is 17.2 Å². The van der Waals surface area contributed by atoms with Crippen molar-refractivity contribution in [1.82, 2.24) is 5.32 Å². The van der Waals surface area contributed by atoms with Crippen molar-refractivity contribution in [2.75, 3.05) is 23.4 Å². The lowest BCUT2D eigenvalue weighted by Crippen LogP contribution is -2.37. The van der Waals surface area contributed by atoms with Gasteiger partial charge in [0, 0.05) is 6.04 Å². The summed E-state index contributed by atoms with van der Waals surface area (Å²) in [6.07, 6.45) is 0.434. The lowest BCUT2D eigenvalue weighted by Gasteiger charge is -2.11. The van der Waals surface area contributed by atoms with E-state index in [-0.39, 0.29) is 24.1 Å². The molecule has 1 aliphatic heterocycles. The number of halogens is 2. The second-order valence-electron chi connectivity index (χ2n) is 4.63. The van der Waals surface area contributed by atoms with Crippen LogP contribution in [-0.4, -0.2) is 38.4 Å². The van der Waals surface area contributed by atoms with Crippen LogP contribution in [0.25, 0.3) is 0 Å². The molecule has 8 heteroatoms. The van der Waals surface area contributed by atoms with Crippen molar-refractivity contribution in [2.24, 2.45) is 0 Å². The third-order valence-corrected chi connectivity index (χ3v) is 4.78. The van der Waals surface area contributed by atoms with Crippen LogP contribution in [0.1, 0.15) is 6.42 Å².